The predicted molar refractivity (Wildman–Crippen MR) is 72.4 cm³/mol. The Kier molecular flexibility index (Phi) is 2.82. The highest BCUT2D eigenvalue weighted by Gasteiger charge is 2.36. The van der Waals surface area contributed by atoms with Crippen LogP contribution < -0.4 is 10.5 Å². The summed E-state index contributed by atoms with van der Waals surface area (Å²) in [5, 5.41) is 20.2. The van der Waals surface area contributed by atoms with E-state index in [1.807, 2.05) is 0 Å². The lowest BCUT2D eigenvalue weighted by Gasteiger charge is -2.38. The first-order chi connectivity index (χ1) is 9.97. The summed E-state index contributed by atoms with van der Waals surface area (Å²) in [6, 6.07) is 2.62. The summed E-state index contributed by atoms with van der Waals surface area (Å²) in [7, 11) is 0. The third-order valence-electron chi connectivity index (χ3n) is 3.50. The van der Waals surface area contributed by atoms with E-state index in [1.54, 1.807) is 4.90 Å². The number of aliphatic carboxylic acids is 1. The SMILES string of the molecule is O=C(O)C1CN(c2cc3nc[nH]c(=O)c3cc2[N+](=O)[O-])C1. The standard InChI is InChI=1S/C12H10N4O5/c17-11-7-1-10(16(20)21)9(2-8(7)13-5-14-11)15-3-6(4-15)12(18)19/h1-2,5-6H,3-4H2,(H,18,19)(H,13,14,17). The van der Waals surface area contributed by atoms with Gasteiger partial charge >= 0.3 is 5.97 Å². The van der Waals surface area contributed by atoms with Crippen molar-refractivity contribution < 1.29 is 14.8 Å². The first kappa shape index (κ1) is 13.0. The van der Waals surface area contributed by atoms with Crippen molar-refractivity contribution in [2.75, 3.05) is 18.0 Å². The van der Waals surface area contributed by atoms with Crippen LogP contribution in [0.3, 0.4) is 0 Å². The van der Waals surface area contributed by atoms with E-state index < -0.39 is 22.4 Å². The van der Waals surface area contributed by atoms with Crippen LogP contribution in [0.15, 0.2) is 23.3 Å². The number of nitro groups is 1. The number of H-pyrrole nitrogens is 1. The fourth-order valence-corrected chi connectivity index (χ4v) is 2.32. The number of nitrogens with one attached hydrogen (secondary N) is 1. The van der Waals surface area contributed by atoms with E-state index in [9.17, 15) is 19.7 Å². The molecule has 9 heteroatoms. The first-order valence-electron chi connectivity index (χ1n) is 6.11. The molecule has 108 valence electrons. The van der Waals surface area contributed by atoms with E-state index in [0.29, 0.717) is 5.52 Å². The van der Waals surface area contributed by atoms with Gasteiger partial charge in [0.05, 0.1) is 28.1 Å². The zero-order chi connectivity index (χ0) is 15.1. The summed E-state index contributed by atoms with van der Waals surface area (Å²) in [5.41, 5.74) is -0.0762. The largest absolute Gasteiger partial charge is 0.481 e. The quantitative estimate of drug-likeness (QED) is 0.616. The molecule has 0 aliphatic carbocycles. The number of carbonyl (C=O) groups is 1. The highest BCUT2D eigenvalue weighted by atomic mass is 16.6. The second kappa shape index (κ2) is 4.54. The Morgan fingerprint density at radius 2 is 2.19 bits per heavy atom. The third kappa shape index (κ3) is 2.08. The molecule has 3 rings (SSSR count). The molecule has 0 atom stereocenters. The number of aromatic amines is 1. The number of rotatable bonds is 3. The molecule has 1 aliphatic rings. The Morgan fingerprint density at radius 3 is 2.81 bits per heavy atom. The molecule has 1 saturated heterocycles. The molecule has 0 spiro atoms. The van der Waals surface area contributed by atoms with Crippen LogP contribution in [0.5, 0.6) is 0 Å². The van der Waals surface area contributed by atoms with Crippen LogP contribution in [0.1, 0.15) is 0 Å². The van der Waals surface area contributed by atoms with Crippen molar-refractivity contribution in [1.29, 1.82) is 0 Å². The van der Waals surface area contributed by atoms with Crippen molar-refractivity contribution in [1.82, 2.24) is 9.97 Å². The van der Waals surface area contributed by atoms with Crippen LogP contribution in [0.2, 0.25) is 0 Å². The van der Waals surface area contributed by atoms with E-state index in [0.717, 1.165) is 0 Å². The molecule has 2 heterocycles. The van der Waals surface area contributed by atoms with Gasteiger partial charge in [-0.3, -0.25) is 19.7 Å². The number of hydrogen-bond donors (Lipinski definition) is 2. The topological polar surface area (TPSA) is 129 Å². The molecule has 0 saturated carbocycles. The molecule has 0 radical (unpaired) electrons. The molecule has 1 aliphatic heterocycles. The van der Waals surface area contributed by atoms with Crippen LogP contribution in [-0.2, 0) is 4.79 Å². The molecule has 0 bridgehead atoms. The summed E-state index contributed by atoms with van der Waals surface area (Å²) in [4.78, 5) is 41.0. The number of nitrogens with zero attached hydrogens (tertiary/aromatic N) is 3. The van der Waals surface area contributed by atoms with E-state index in [4.69, 9.17) is 5.11 Å². The van der Waals surface area contributed by atoms with Crippen LogP contribution in [0.4, 0.5) is 11.4 Å². The van der Waals surface area contributed by atoms with Gasteiger partial charge in [-0.2, -0.15) is 0 Å². The number of carboxylic acids is 1. The minimum Gasteiger partial charge on any atom is -0.481 e. The maximum absolute atomic E-state index is 11.7. The van der Waals surface area contributed by atoms with Crippen LogP contribution in [-0.4, -0.2) is 39.1 Å². The van der Waals surface area contributed by atoms with Crippen LogP contribution in [0.25, 0.3) is 10.9 Å². The Balaban J connectivity index is 2.09. The lowest BCUT2D eigenvalue weighted by molar-refractivity contribution is -0.384. The van der Waals surface area contributed by atoms with Crippen molar-refractivity contribution in [3.05, 3.63) is 38.9 Å². The molecule has 0 unspecified atom stereocenters. The van der Waals surface area contributed by atoms with Gasteiger partial charge in [-0.1, -0.05) is 0 Å². The highest BCUT2D eigenvalue weighted by Crippen LogP contribution is 2.35. The fourth-order valence-electron chi connectivity index (χ4n) is 2.32. The molecule has 1 aromatic carbocycles. The van der Waals surface area contributed by atoms with E-state index >= 15 is 0 Å². The van der Waals surface area contributed by atoms with Gasteiger partial charge in [-0.15, -0.1) is 0 Å². The number of anilines is 1. The van der Waals surface area contributed by atoms with Gasteiger partial charge in [0.25, 0.3) is 11.2 Å². The van der Waals surface area contributed by atoms with Gasteiger partial charge < -0.3 is 15.0 Å². The monoisotopic (exact) mass is 290 g/mol. The maximum atomic E-state index is 11.7. The molecule has 9 nitrogen and oxygen atoms in total. The summed E-state index contributed by atoms with van der Waals surface area (Å²) in [6.07, 6.45) is 1.22. The highest BCUT2D eigenvalue weighted by molar-refractivity contribution is 5.88. The molecule has 2 N–H and O–H groups in total. The molecule has 1 fully saturated rings. The summed E-state index contributed by atoms with van der Waals surface area (Å²) < 4.78 is 0. The second-order valence-electron chi connectivity index (χ2n) is 4.79. The normalized spacial score (nSPS) is 15.0. The van der Waals surface area contributed by atoms with Crippen molar-refractivity contribution in [2.45, 2.75) is 0 Å². The number of fused-ring (bicyclic) bond motifs is 1. The minimum atomic E-state index is -0.927. The van der Waals surface area contributed by atoms with Crippen molar-refractivity contribution >= 4 is 28.2 Å². The Hall–Kier alpha value is -2.97. The molecule has 2 aromatic rings. The number of hydrogen-bond acceptors (Lipinski definition) is 6. The minimum absolute atomic E-state index is 0.128. The number of nitro benzene ring substituents is 1. The third-order valence-corrected chi connectivity index (χ3v) is 3.50. The smallest absolute Gasteiger partial charge is 0.310 e. The first-order valence-corrected chi connectivity index (χ1v) is 6.11. The van der Waals surface area contributed by atoms with Gasteiger partial charge in [0, 0.05) is 19.2 Å². The molecular weight excluding hydrogens is 280 g/mol. The van der Waals surface area contributed by atoms with E-state index in [1.165, 1.54) is 18.5 Å². The zero-order valence-electron chi connectivity index (χ0n) is 10.6. The van der Waals surface area contributed by atoms with Gasteiger partial charge in [-0.25, -0.2) is 4.98 Å². The number of aromatic nitrogens is 2. The molecular formula is C12H10N4O5. The summed E-state index contributed by atoms with van der Waals surface area (Å²) in [6.45, 7) is 0.399. The maximum Gasteiger partial charge on any atom is 0.310 e. The fraction of sp³-hybridized carbons (Fsp3) is 0.250. The summed E-state index contributed by atoms with van der Waals surface area (Å²) in [5.74, 6) is -1.46. The Labute approximate surface area is 117 Å². The van der Waals surface area contributed by atoms with Gasteiger partial charge in [-0.05, 0) is 6.07 Å². The van der Waals surface area contributed by atoms with Gasteiger partial charge in [0.1, 0.15) is 5.69 Å². The second-order valence-corrected chi connectivity index (χ2v) is 4.79. The van der Waals surface area contributed by atoms with Gasteiger partial charge in [0.15, 0.2) is 0 Å². The average molecular weight is 290 g/mol. The van der Waals surface area contributed by atoms with E-state index in [2.05, 4.69) is 9.97 Å². The zero-order valence-corrected chi connectivity index (χ0v) is 10.6. The Bertz CT molecular complexity index is 809. The average Bonchev–Trinajstić information content (AvgIpc) is 2.36. The molecule has 21 heavy (non-hydrogen) atoms. The molecule has 1 aromatic heterocycles. The number of benzene rings is 1. The summed E-state index contributed by atoms with van der Waals surface area (Å²) >= 11 is 0. The predicted octanol–water partition coefficient (Wildman–Crippen LogP) is 0.352. The van der Waals surface area contributed by atoms with Crippen molar-refractivity contribution in [3.63, 3.8) is 0 Å². The lowest BCUT2D eigenvalue weighted by Crippen LogP contribution is -2.50. The Morgan fingerprint density at radius 1 is 1.48 bits per heavy atom. The van der Waals surface area contributed by atoms with Crippen LogP contribution >= 0.6 is 0 Å². The van der Waals surface area contributed by atoms with Crippen LogP contribution in [0, 0.1) is 16.0 Å². The van der Waals surface area contributed by atoms with Crippen molar-refractivity contribution in [2.24, 2.45) is 5.92 Å². The lowest BCUT2D eigenvalue weighted by atomic mass is 9.98. The van der Waals surface area contributed by atoms with E-state index in [-0.39, 0.29) is 29.9 Å². The van der Waals surface area contributed by atoms with Gasteiger partial charge in [0.2, 0.25) is 0 Å². The van der Waals surface area contributed by atoms with Crippen molar-refractivity contribution in [3.8, 4) is 0 Å². The molecule has 0 amide bonds. The number of carboxylic acid groups (broad SMARTS) is 1.